The van der Waals surface area contributed by atoms with Crippen molar-refractivity contribution in [2.75, 3.05) is 19.6 Å². The van der Waals surface area contributed by atoms with E-state index in [9.17, 15) is 4.79 Å². The first-order valence-electron chi connectivity index (χ1n) is 13.2. The van der Waals surface area contributed by atoms with Gasteiger partial charge < -0.3 is 14.4 Å². The van der Waals surface area contributed by atoms with E-state index in [1.165, 1.54) is 24.0 Å². The van der Waals surface area contributed by atoms with E-state index >= 15 is 0 Å². The van der Waals surface area contributed by atoms with Gasteiger partial charge in [-0.3, -0.25) is 4.79 Å². The van der Waals surface area contributed by atoms with Crippen molar-refractivity contribution in [2.24, 2.45) is 5.92 Å². The molecule has 1 aromatic rings. The van der Waals surface area contributed by atoms with Crippen LogP contribution >= 0.6 is 0 Å². The maximum atomic E-state index is 12.9. The second-order valence-corrected chi connectivity index (χ2v) is 10.5. The molecule has 184 valence electrons. The Kier molecular flexibility index (Phi) is 9.03. The van der Waals surface area contributed by atoms with Crippen molar-refractivity contribution >= 4 is 5.97 Å². The van der Waals surface area contributed by atoms with Crippen molar-refractivity contribution in [3.05, 3.63) is 34.9 Å². The van der Waals surface area contributed by atoms with E-state index in [4.69, 9.17) is 9.47 Å². The molecule has 1 aliphatic heterocycles. The Hall–Kier alpha value is -1.81. The van der Waals surface area contributed by atoms with Gasteiger partial charge in [0.1, 0.15) is 17.1 Å². The van der Waals surface area contributed by atoms with Gasteiger partial charge in [0.25, 0.3) is 0 Å². The Balaban J connectivity index is 1.88. The Morgan fingerprint density at radius 2 is 1.91 bits per heavy atom. The lowest BCUT2D eigenvalue weighted by Crippen LogP contribution is -2.45. The van der Waals surface area contributed by atoms with Crippen molar-refractivity contribution in [1.29, 1.82) is 0 Å². The SMILES string of the molecule is CCCCCc1cc(OC(=O)CCCN(CC)CC)c2c(c1)OC(C)(C)[C@@H]1CCC(C)=C[C@@H]21. The number of esters is 1. The summed E-state index contributed by atoms with van der Waals surface area (Å²) in [5, 5.41) is 0. The van der Waals surface area contributed by atoms with Crippen molar-refractivity contribution in [2.45, 2.75) is 104 Å². The van der Waals surface area contributed by atoms with Crippen molar-refractivity contribution in [3.8, 4) is 11.5 Å². The summed E-state index contributed by atoms with van der Waals surface area (Å²) in [7, 11) is 0. The molecule has 4 heteroatoms. The number of fused-ring (bicyclic) bond motifs is 3. The van der Waals surface area contributed by atoms with E-state index in [0.29, 0.717) is 12.3 Å². The summed E-state index contributed by atoms with van der Waals surface area (Å²) in [6.45, 7) is 16.2. The smallest absolute Gasteiger partial charge is 0.311 e. The molecule has 0 N–H and O–H groups in total. The van der Waals surface area contributed by atoms with Gasteiger partial charge in [-0.15, -0.1) is 0 Å². The number of carbonyl (C=O) groups is 1. The maximum absolute atomic E-state index is 12.9. The van der Waals surface area contributed by atoms with Crippen LogP contribution in [0.15, 0.2) is 23.8 Å². The molecule has 2 aliphatic rings. The summed E-state index contributed by atoms with van der Waals surface area (Å²) in [6.07, 6.45) is 10.4. The lowest BCUT2D eigenvalue weighted by atomic mass is 9.68. The van der Waals surface area contributed by atoms with E-state index in [1.54, 1.807) is 0 Å². The van der Waals surface area contributed by atoms with Gasteiger partial charge in [-0.1, -0.05) is 45.3 Å². The van der Waals surface area contributed by atoms with Crippen molar-refractivity contribution in [1.82, 2.24) is 4.90 Å². The predicted octanol–water partition coefficient (Wildman–Crippen LogP) is 7.06. The normalized spacial score (nSPS) is 21.1. The largest absolute Gasteiger partial charge is 0.487 e. The second kappa shape index (κ2) is 11.6. The van der Waals surface area contributed by atoms with Gasteiger partial charge in [0.2, 0.25) is 0 Å². The molecule has 1 aromatic carbocycles. The molecule has 2 atom stereocenters. The zero-order valence-electron chi connectivity index (χ0n) is 21.8. The Morgan fingerprint density at radius 3 is 2.61 bits per heavy atom. The van der Waals surface area contributed by atoms with Gasteiger partial charge in [-0.2, -0.15) is 0 Å². The summed E-state index contributed by atoms with van der Waals surface area (Å²) in [5.41, 5.74) is 3.47. The van der Waals surface area contributed by atoms with Crippen molar-refractivity contribution in [3.63, 3.8) is 0 Å². The molecule has 4 nitrogen and oxygen atoms in total. The van der Waals surface area contributed by atoms with Crippen LogP contribution in [0.5, 0.6) is 11.5 Å². The lowest BCUT2D eigenvalue weighted by Gasteiger charge is -2.46. The van der Waals surface area contributed by atoms with Crippen LogP contribution in [-0.4, -0.2) is 36.1 Å². The number of nitrogens with zero attached hydrogens (tertiary/aromatic N) is 1. The number of hydrogen-bond acceptors (Lipinski definition) is 4. The van der Waals surface area contributed by atoms with Crippen LogP contribution in [0.4, 0.5) is 0 Å². The zero-order valence-corrected chi connectivity index (χ0v) is 21.8. The Bertz CT molecular complexity index is 838. The van der Waals surface area contributed by atoms with Crippen LogP contribution in [0.1, 0.15) is 104 Å². The first kappa shape index (κ1) is 25.8. The third-order valence-corrected chi connectivity index (χ3v) is 7.55. The van der Waals surface area contributed by atoms with Crippen LogP contribution < -0.4 is 9.47 Å². The molecule has 1 heterocycles. The molecule has 3 rings (SSSR count). The first-order chi connectivity index (χ1) is 15.8. The minimum absolute atomic E-state index is 0.132. The molecule has 0 fully saturated rings. The third kappa shape index (κ3) is 6.41. The van der Waals surface area contributed by atoms with Gasteiger partial charge in [0, 0.05) is 23.8 Å². The van der Waals surface area contributed by atoms with Gasteiger partial charge in [-0.25, -0.2) is 0 Å². The zero-order chi connectivity index (χ0) is 24.0. The second-order valence-electron chi connectivity index (χ2n) is 10.5. The molecule has 0 saturated heterocycles. The monoisotopic (exact) mass is 455 g/mol. The fourth-order valence-corrected chi connectivity index (χ4v) is 5.53. The molecule has 33 heavy (non-hydrogen) atoms. The third-order valence-electron chi connectivity index (χ3n) is 7.55. The molecular formula is C29H45NO3. The molecule has 1 aliphatic carbocycles. The van der Waals surface area contributed by atoms with Crippen LogP contribution in [0.25, 0.3) is 0 Å². The highest BCUT2D eigenvalue weighted by atomic mass is 16.5. The number of benzene rings is 1. The van der Waals surface area contributed by atoms with Gasteiger partial charge >= 0.3 is 5.97 Å². The van der Waals surface area contributed by atoms with Gasteiger partial charge in [0.15, 0.2) is 0 Å². The fourth-order valence-electron chi connectivity index (χ4n) is 5.53. The van der Waals surface area contributed by atoms with E-state index < -0.39 is 0 Å². The number of unbranched alkanes of at least 4 members (excludes halogenated alkanes) is 2. The van der Waals surface area contributed by atoms with Crippen LogP contribution in [-0.2, 0) is 11.2 Å². The molecule has 0 radical (unpaired) electrons. The number of rotatable bonds is 11. The molecule has 0 spiro atoms. The van der Waals surface area contributed by atoms with E-state index in [1.807, 2.05) is 0 Å². The first-order valence-corrected chi connectivity index (χ1v) is 13.2. The highest BCUT2D eigenvalue weighted by Gasteiger charge is 2.45. The van der Waals surface area contributed by atoms with Crippen LogP contribution in [0.3, 0.4) is 0 Å². The molecule has 0 saturated carbocycles. The molecule has 0 bridgehead atoms. The summed E-state index contributed by atoms with van der Waals surface area (Å²) in [6, 6.07) is 4.33. The Morgan fingerprint density at radius 1 is 1.15 bits per heavy atom. The maximum Gasteiger partial charge on any atom is 0.311 e. The van der Waals surface area contributed by atoms with Crippen LogP contribution in [0, 0.1) is 5.92 Å². The van der Waals surface area contributed by atoms with Crippen molar-refractivity contribution < 1.29 is 14.3 Å². The predicted molar refractivity (Wildman–Crippen MR) is 136 cm³/mol. The number of hydrogen-bond donors (Lipinski definition) is 0. The topological polar surface area (TPSA) is 38.8 Å². The molecular weight excluding hydrogens is 410 g/mol. The molecule has 0 aromatic heterocycles. The average Bonchev–Trinajstić information content (AvgIpc) is 2.76. The highest BCUT2D eigenvalue weighted by molar-refractivity contribution is 5.74. The quantitative estimate of drug-likeness (QED) is 0.155. The standard InChI is InChI=1S/C29H45NO3/c1-7-10-11-13-22-19-25(32-27(31)14-12-17-30(8-2)9-3)28-23-18-21(4)15-16-24(23)29(5,6)33-26(28)20-22/h18-20,23-24H,7-17H2,1-6H3/t23-,24-/m1/s1. The lowest BCUT2D eigenvalue weighted by molar-refractivity contribution is -0.134. The van der Waals surface area contributed by atoms with E-state index in [-0.39, 0.29) is 17.5 Å². The van der Waals surface area contributed by atoms with E-state index in [0.717, 1.165) is 68.8 Å². The molecule has 0 unspecified atom stereocenters. The minimum atomic E-state index is -0.234. The Labute approximate surface area is 201 Å². The summed E-state index contributed by atoms with van der Waals surface area (Å²) < 4.78 is 12.7. The number of carbonyl (C=O) groups excluding carboxylic acids is 1. The fraction of sp³-hybridized carbons (Fsp3) is 0.690. The molecule has 0 amide bonds. The summed E-state index contributed by atoms with van der Waals surface area (Å²) in [5.74, 6) is 2.13. The number of aryl methyl sites for hydroxylation is 1. The number of ether oxygens (including phenoxy) is 2. The number of allylic oxidation sites excluding steroid dienone is 2. The summed E-state index contributed by atoms with van der Waals surface area (Å²) in [4.78, 5) is 15.2. The highest BCUT2D eigenvalue weighted by Crippen LogP contribution is 2.53. The van der Waals surface area contributed by atoms with Gasteiger partial charge in [-0.05, 0) is 90.2 Å². The summed E-state index contributed by atoms with van der Waals surface area (Å²) >= 11 is 0. The van der Waals surface area contributed by atoms with Gasteiger partial charge in [0.05, 0.1) is 0 Å². The van der Waals surface area contributed by atoms with E-state index in [2.05, 4.69) is 64.7 Å². The van der Waals surface area contributed by atoms with Crippen LogP contribution in [0.2, 0.25) is 0 Å². The minimum Gasteiger partial charge on any atom is -0.487 e. The average molecular weight is 456 g/mol.